The fourth-order valence-electron chi connectivity index (χ4n) is 3.76. The first-order valence-electron chi connectivity index (χ1n) is 9.54. The molecule has 1 N–H and O–H groups in total. The van der Waals surface area contributed by atoms with Gasteiger partial charge in [0, 0.05) is 30.6 Å². The number of likely N-dealkylation sites (tertiary alicyclic amines) is 1. The molecule has 1 aliphatic carbocycles. The van der Waals surface area contributed by atoms with E-state index in [0.29, 0.717) is 18.7 Å². The molecule has 0 radical (unpaired) electrons. The van der Waals surface area contributed by atoms with Crippen LogP contribution in [0.4, 0.5) is 4.39 Å². The van der Waals surface area contributed by atoms with E-state index in [1.807, 2.05) is 24.3 Å². The standard InChI is InChI=1S/C22H23FN2O3/c1-28-18-4-2-3-15(11-18)19-12-25(13-20(19)21(26)24-17-9-10-17)22(27)14-5-7-16(23)8-6-14/h2-8,11,17,19-20H,9-10,12-13H2,1H3,(H,24,26). The predicted octanol–water partition coefficient (Wildman–Crippen LogP) is 2.97. The van der Waals surface area contributed by atoms with Gasteiger partial charge in [-0.25, -0.2) is 4.39 Å². The Hall–Kier alpha value is -2.89. The molecule has 1 saturated carbocycles. The van der Waals surface area contributed by atoms with Crippen molar-refractivity contribution in [2.24, 2.45) is 5.92 Å². The number of methoxy groups -OCH3 is 1. The molecular formula is C22H23FN2O3. The van der Waals surface area contributed by atoms with E-state index in [4.69, 9.17) is 4.74 Å². The number of amides is 2. The maximum Gasteiger partial charge on any atom is 0.253 e. The Bertz CT molecular complexity index is 880. The lowest BCUT2D eigenvalue weighted by molar-refractivity contribution is -0.125. The van der Waals surface area contributed by atoms with E-state index in [0.717, 1.165) is 24.2 Å². The summed E-state index contributed by atoms with van der Waals surface area (Å²) in [6, 6.07) is 13.4. The van der Waals surface area contributed by atoms with Crippen molar-refractivity contribution in [3.05, 3.63) is 65.5 Å². The van der Waals surface area contributed by atoms with E-state index in [-0.39, 0.29) is 35.5 Å². The second-order valence-electron chi connectivity index (χ2n) is 7.49. The largest absolute Gasteiger partial charge is 0.497 e. The zero-order chi connectivity index (χ0) is 19.7. The third-order valence-corrected chi connectivity index (χ3v) is 5.48. The minimum Gasteiger partial charge on any atom is -0.497 e. The van der Waals surface area contributed by atoms with Gasteiger partial charge < -0.3 is 15.0 Å². The van der Waals surface area contributed by atoms with Crippen LogP contribution in [0.5, 0.6) is 5.75 Å². The average molecular weight is 382 g/mol. The topological polar surface area (TPSA) is 58.6 Å². The molecule has 2 aromatic carbocycles. The summed E-state index contributed by atoms with van der Waals surface area (Å²) in [5.41, 5.74) is 1.40. The van der Waals surface area contributed by atoms with Gasteiger partial charge >= 0.3 is 0 Å². The van der Waals surface area contributed by atoms with Crippen LogP contribution in [0, 0.1) is 11.7 Å². The first kappa shape index (κ1) is 18.5. The SMILES string of the molecule is COc1cccc(C2CN(C(=O)c3ccc(F)cc3)CC2C(=O)NC2CC2)c1. The monoisotopic (exact) mass is 382 g/mol. The molecule has 2 aliphatic rings. The molecule has 6 heteroatoms. The van der Waals surface area contributed by atoms with Crippen molar-refractivity contribution in [2.75, 3.05) is 20.2 Å². The van der Waals surface area contributed by atoms with Gasteiger partial charge in [0.1, 0.15) is 11.6 Å². The van der Waals surface area contributed by atoms with Crippen LogP contribution in [0.3, 0.4) is 0 Å². The van der Waals surface area contributed by atoms with E-state index < -0.39 is 0 Å². The fraction of sp³-hybridized carbons (Fsp3) is 0.364. The normalized spacial score (nSPS) is 21.4. The number of nitrogens with zero attached hydrogens (tertiary/aromatic N) is 1. The second kappa shape index (κ2) is 7.62. The van der Waals surface area contributed by atoms with E-state index in [2.05, 4.69) is 5.32 Å². The van der Waals surface area contributed by atoms with Crippen molar-refractivity contribution < 1.29 is 18.7 Å². The molecule has 28 heavy (non-hydrogen) atoms. The minimum atomic E-state index is -0.381. The zero-order valence-corrected chi connectivity index (χ0v) is 15.7. The smallest absolute Gasteiger partial charge is 0.253 e. The number of carbonyl (C=O) groups is 2. The Kier molecular flexibility index (Phi) is 5.03. The Balaban J connectivity index is 1.59. The van der Waals surface area contributed by atoms with E-state index >= 15 is 0 Å². The van der Waals surface area contributed by atoms with Crippen LogP contribution < -0.4 is 10.1 Å². The number of rotatable bonds is 5. The van der Waals surface area contributed by atoms with Crippen molar-refractivity contribution in [1.29, 1.82) is 0 Å². The van der Waals surface area contributed by atoms with Gasteiger partial charge in [0.2, 0.25) is 5.91 Å². The Morgan fingerprint density at radius 1 is 1.11 bits per heavy atom. The summed E-state index contributed by atoms with van der Waals surface area (Å²) in [7, 11) is 1.61. The van der Waals surface area contributed by atoms with Gasteiger partial charge in [0.05, 0.1) is 13.0 Å². The fourth-order valence-corrected chi connectivity index (χ4v) is 3.76. The maximum absolute atomic E-state index is 13.2. The Morgan fingerprint density at radius 3 is 2.54 bits per heavy atom. The van der Waals surface area contributed by atoms with Gasteiger partial charge in [0.25, 0.3) is 5.91 Å². The highest BCUT2D eigenvalue weighted by Gasteiger charge is 2.42. The quantitative estimate of drug-likeness (QED) is 0.865. The third kappa shape index (κ3) is 3.86. The Labute approximate surface area is 163 Å². The van der Waals surface area contributed by atoms with Crippen molar-refractivity contribution in [3.8, 4) is 5.75 Å². The minimum absolute atomic E-state index is 0.00951. The molecule has 2 fully saturated rings. The number of hydrogen-bond acceptors (Lipinski definition) is 3. The number of nitrogens with one attached hydrogen (secondary N) is 1. The highest BCUT2D eigenvalue weighted by molar-refractivity contribution is 5.95. The highest BCUT2D eigenvalue weighted by Crippen LogP contribution is 2.36. The van der Waals surface area contributed by atoms with Crippen molar-refractivity contribution in [2.45, 2.75) is 24.8 Å². The lowest BCUT2D eigenvalue weighted by Crippen LogP contribution is -2.36. The molecule has 4 rings (SSSR count). The molecule has 146 valence electrons. The van der Waals surface area contributed by atoms with Crippen molar-refractivity contribution in [1.82, 2.24) is 10.2 Å². The molecule has 2 atom stereocenters. The average Bonchev–Trinajstić information content (AvgIpc) is 3.41. The van der Waals surface area contributed by atoms with Crippen LogP contribution in [-0.2, 0) is 4.79 Å². The van der Waals surface area contributed by atoms with Crippen LogP contribution in [0.25, 0.3) is 0 Å². The van der Waals surface area contributed by atoms with Gasteiger partial charge in [-0.1, -0.05) is 12.1 Å². The van der Waals surface area contributed by atoms with Crippen LogP contribution >= 0.6 is 0 Å². The molecule has 1 aliphatic heterocycles. The maximum atomic E-state index is 13.2. The molecule has 5 nitrogen and oxygen atoms in total. The summed E-state index contributed by atoms with van der Waals surface area (Å²) >= 11 is 0. The second-order valence-corrected chi connectivity index (χ2v) is 7.49. The van der Waals surface area contributed by atoms with Gasteiger partial charge in [0.15, 0.2) is 0 Å². The highest BCUT2D eigenvalue weighted by atomic mass is 19.1. The Morgan fingerprint density at radius 2 is 1.86 bits per heavy atom. The first-order valence-corrected chi connectivity index (χ1v) is 9.54. The predicted molar refractivity (Wildman–Crippen MR) is 103 cm³/mol. The summed E-state index contributed by atoms with van der Waals surface area (Å²) in [6.45, 7) is 0.781. The molecule has 1 heterocycles. The first-order chi connectivity index (χ1) is 13.5. The number of hydrogen-bond donors (Lipinski definition) is 1. The lowest BCUT2D eigenvalue weighted by Gasteiger charge is -2.18. The summed E-state index contributed by atoms with van der Waals surface area (Å²) in [6.07, 6.45) is 2.03. The number of ether oxygens (including phenoxy) is 1. The van der Waals surface area contributed by atoms with Crippen LogP contribution in [0.1, 0.15) is 34.7 Å². The molecule has 2 unspecified atom stereocenters. The van der Waals surface area contributed by atoms with Gasteiger partial charge in [-0.2, -0.15) is 0 Å². The number of halogens is 1. The van der Waals surface area contributed by atoms with Gasteiger partial charge in [-0.05, 0) is 54.8 Å². The summed E-state index contributed by atoms with van der Waals surface area (Å²) in [5, 5.41) is 3.07. The molecule has 0 bridgehead atoms. The molecule has 0 aromatic heterocycles. The molecule has 2 amide bonds. The lowest BCUT2D eigenvalue weighted by atomic mass is 9.88. The molecule has 0 spiro atoms. The van der Waals surface area contributed by atoms with Crippen molar-refractivity contribution >= 4 is 11.8 Å². The van der Waals surface area contributed by atoms with E-state index in [9.17, 15) is 14.0 Å². The number of carbonyl (C=O) groups excluding carboxylic acids is 2. The summed E-state index contributed by atoms with van der Waals surface area (Å²) in [4.78, 5) is 27.5. The van der Waals surface area contributed by atoms with E-state index in [1.165, 1.54) is 24.3 Å². The zero-order valence-electron chi connectivity index (χ0n) is 15.7. The molecule has 2 aromatic rings. The summed E-state index contributed by atoms with van der Waals surface area (Å²) < 4.78 is 18.5. The molecule has 1 saturated heterocycles. The third-order valence-electron chi connectivity index (χ3n) is 5.48. The number of benzene rings is 2. The van der Waals surface area contributed by atoms with Crippen LogP contribution in [-0.4, -0.2) is 43.0 Å². The van der Waals surface area contributed by atoms with Crippen molar-refractivity contribution in [3.63, 3.8) is 0 Å². The van der Waals surface area contributed by atoms with Crippen LogP contribution in [0.2, 0.25) is 0 Å². The van der Waals surface area contributed by atoms with Crippen LogP contribution in [0.15, 0.2) is 48.5 Å². The van der Waals surface area contributed by atoms with Gasteiger partial charge in [-0.15, -0.1) is 0 Å². The van der Waals surface area contributed by atoms with E-state index in [1.54, 1.807) is 12.0 Å². The molecular weight excluding hydrogens is 359 g/mol. The van der Waals surface area contributed by atoms with Gasteiger partial charge in [-0.3, -0.25) is 9.59 Å². The summed E-state index contributed by atoms with van der Waals surface area (Å²) in [5.74, 6) is -0.286.